The lowest BCUT2D eigenvalue weighted by atomic mass is 9.34. The third kappa shape index (κ3) is 4.34. The monoisotopic (exact) mass is 575 g/mol. The number of benzene rings is 6. The van der Waals surface area contributed by atoms with Gasteiger partial charge in [-0.3, -0.25) is 4.98 Å². The van der Waals surface area contributed by atoms with Crippen LogP contribution in [0.5, 0.6) is 23.0 Å². The van der Waals surface area contributed by atoms with Crippen LogP contribution in [0.2, 0.25) is 0 Å². The summed E-state index contributed by atoms with van der Waals surface area (Å²) in [6.07, 6.45) is 3.70. The van der Waals surface area contributed by atoms with E-state index in [2.05, 4.69) is 145 Å². The highest BCUT2D eigenvalue weighted by molar-refractivity contribution is 6.98. The molecule has 0 radical (unpaired) electrons. The highest BCUT2D eigenvalue weighted by Crippen LogP contribution is 2.42. The third-order valence-electron chi connectivity index (χ3n) is 8.90. The van der Waals surface area contributed by atoms with Crippen molar-refractivity contribution in [2.45, 2.75) is 0 Å². The molecule has 0 amide bonds. The van der Waals surface area contributed by atoms with Gasteiger partial charge < -0.3 is 9.47 Å². The van der Waals surface area contributed by atoms with Crippen LogP contribution in [0.4, 0.5) is 0 Å². The van der Waals surface area contributed by atoms with Crippen molar-refractivity contribution in [1.29, 1.82) is 0 Å². The molecule has 9 rings (SSSR count). The molecular formula is C41H26BNO2. The Morgan fingerprint density at radius 2 is 1.00 bits per heavy atom. The first-order valence-corrected chi connectivity index (χ1v) is 15.2. The largest absolute Gasteiger partial charge is 0.458 e. The first kappa shape index (κ1) is 25.6. The molecule has 0 unspecified atom stereocenters. The number of hydrogen-bond donors (Lipinski definition) is 0. The second-order valence-electron chi connectivity index (χ2n) is 11.6. The standard InChI is InChI=1S/C41H26BNO2/c1-3-9-27(10-4-1)30-16-19-37-35(24-30)42-36-25-31(28-11-5-2-6-12-28)17-20-38(36)45-41-34(18-21-39(44-37)40(41)42)32-14-7-13-29(23-32)33-15-8-22-43-26-33/h1-26H. The Balaban J connectivity index is 1.26. The van der Waals surface area contributed by atoms with E-state index >= 15 is 0 Å². The Morgan fingerprint density at radius 1 is 0.422 bits per heavy atom. The van der Waals surface area contributed by atoms with Crippen LogP contribution >= 0.6 is 0 Å². The summed E-state index contributed by atoms with van der Waals surface area (Å²) < 4.78 is 13.5. The highest BCUT2D eigenvalue weighted by Gasteiger charge is 2.41. The van der Waals surface area contributed by atoms with Gasteiger partial charge in [0.1, 0.15) is 23.0 Å². The number of rotatable bonds is 4. The van der Waals surface area contributed by atoms with Crippen molar-refractivity contribution in [1.82, 2.24) is 4.98 Å². The van der Waals surface area contributed by atoms with Gasteiger partial charge in [0.15, 0.2) is 0 Å². The first-order valence-electron chi connectivity index (χ1n) is 15.2. The van der Waals surface area contributed by atoms with Crippen LogP contribution < -0.4 is 25.9 Å². The lowest BCUT2D eigenvalue weighted by Gasteiger charge is -2.34. The molecule has 0 atom stereocenters. The van der Waals surface area contributed by atoms with E-state index in [0.29, 0.717) is 0 Å². The van der Waals surface area contributed by atoms with Crippen LogP contribution in [0.3, 0.4) is 0 Å². The van der Waals surface area contributed by atoms with Crippen molar-refractivity contribution in [2.24, 2.45) is 0 Å². The fourth-order valence-electron chi connectivity index (χ4n) is 6.74. The number of fused-ring (bicyclic) bond motifs is 4. The molecule has 1 aromatic heterocycles. The van der Waals surface area contributed by atoms with Gasteiger partial charge in [-0.1, -0.05) is 109 Å². The van der Waals surface area contributed by atoms with Crippen LogP contribution in [0.25, 0.3) is 44.5 Å². The SMILES string of the molecule is c1ccc(-c2ccc3c(c2)B2c4cc(-c5ccccc5)ccc4Oc4c(-c5cccc(-c6cccnc6)c5)ccc(c42)O3)cc1. The number of nitrogens with zero attached hydrogens (tertiary/aromatic N) is 1. The van der Waals surface area contributed by atoms with Crippen molar-refractivity contribution in [3.63, 3.8) is 0 Å². The molecule has 0 fully saturated rings. The van der Waals surface area contributed by atoms with Crippen molar-refractivity contribution in [3.05, 3.63) is 158 Å². The maximum atomic E-state index is 6.88. The van der Waals surface area contributed by atoms with Gasteiger partial charge in [-0.15, -0.1) is 0 Å². The molecular weight excluding hydrogens is 549 g/mol. The molecule has 2 aliphatic rings. The average molecular weight is 575 g/mol. The van der Waals surface area contributed by atoms with E-state index in [1.54, 1.807) is 6.20 Å². The van der Waals surface area contributed by atoms with Gasteiger partial charge in [-0.2, -0.15) is 0 Å². The third-order valence-corrected chi connectivity index (χ3v) is 8.90. The van der Waals surface area contributed by atoms with Crippen LogP contribution in [-0.2, 0) is 0 Å². The Kier molecular flexibility index (Phi) is 5.92. The summed E-state index contributed by atoms with van der Waals surface area (Å²) in [4.78, 5) is 4.34. The van der Waals surface area contributed by atoms with Crippen LogP contribution in [0.15, 0.2) is 158 Å². The summed E-state index contributed by atoms with van der Waals surface area (Å²) in [5, 5.41) is 0. The second-order valence-corrected chi connectivity index (χ2v) is 11.6. The molecule has 0 bridgehead atoms. The molecule has 0 saturated heterocycles. The predicted octanol–water partition coefficient (Wildman–Crippen LogP) is 8.48. The molecule has 45 heavy (non-hydrogen) atoms. The topological polar surface area (TPSA) is 31.4 Å². The summed E-state index contributed by atoms with van der Waals surface area (Å²) in [5.41, 5.74) is 12.3. The molecule has 0 N–H and O–H groups in total. The maximum Gasteiger partial charge on any atom is 0.260 e. The number of pyridine rings is 1. The van der Waals surface area contributed by atoms with E-state index in [0.717, 1.165) is 72.8 Å². The Bertz CT molecular complexity index is 2160. The molecule has 7 aromatic rings. The summed E-state index contributed by atoms with van der Waals surface area (Å²) in [6.45, 7) is -0.0590. The van der Waals surface area contributed by atoms with Gasteiger partial charge >= 0.3 is 0 Å². The fraction of sp³-hybridized carbons (Fsp3) is 0. The van der Waals surface area contributed by atoms with Gasteiger partial charge in [-0.05, 0) is 80.7 Å². The number of hydrogen-bond acceptors (Lipinski definition) is 3. The van der Waals surface area contributed by atoms with Crippen LogP contribution in [0, 0.1) is 0 Å². The lowest BCUT2D eigenvalue weighted by Crippen LogP contribution is -2.57. The molecule has 3 heterocycles. The van der Waals surface area contributed by atoms with Crippen LogP contribution in [-0.4, -0.2) is 11.7 Å². The molecule has 4 heteroatoms. The Morgan fingerprint density at radius 3 is 1.67 bits per heavy atom. The van der Waals surface area contributed by atoms with Gasteiger partial charge in [0, 0.05) is 29.0 Å². The molecule has 6 aromatic carbocycles. The van der Waals surface area contributed by atoms with E-state index in [-0.39, 0.29) is 6.71 Å². The molecule has 210 valence electrons. The van der Waals surface area contributed by atoms with Crippen molar-refractivity contribution in [3.8, 4) is 67.5 Å². The molecule has 0 spiro atoms. The lowest BCUT2D eigenvalue weighted by molar-refractivity contribution is 0.465. The zero-order chi connectivity index (χ0) is 29.7. The summed E-state index contributed by atoms with van der Waals surface area (Å²) >= 11 is 0. The second kappa shape index (κ2) is 10.4. The normalized spacial score (nSPS) is 12.3. The highest BCUT2D eigenvalue weighted by atomic mass is 16.5. The number of aromatic nitrogens is 1. The minimum Gasteiger partial charge on any atom is -0.458 e. The smallest absolute Gasteiger partial charge is 0.260 e. The fourth-order valence-corrected chi connectivity index (χ4v) is 6.74. The van der Waals surface area contributed by atoms with E-state index in [9.17, 15) is 0 Å². The van der Waals surface area contributed by atoms with E-state index < -0.39 is 0 Å². The molecule has 0 saturated carbocycles. The zero-order valence-corrected chi connectivity index (χ0v) is 24.4. The first-order chi connectivity index (χ1) is 22.3. The van der Waals surface area contributed by atoms with E-state index in [4.69, 9.17) is 9.47 Å². The predicted molar refractivity (Wildman–Crippen MR) is 184 cm³/mol. The van der Waals surface area contributed by atoms with Gasteiger partial charge in [0.25, 0.3) is 6.71 Å². The average Bonchev–Trinajstić information content (AvgIpc) is 3.12. The van der Waals surface area contributed by atoms with Crippen molar-refractivity contribution in [2.75, 3.05) is 0 Å². The Hall–Kier alpha value is -5.87. The zero-order valence-electron chi connectivity index (χ0n) is 24.4. The summed E-state index contributed by atoms with van der Waals surface area (Å²) in [5.74, 6) is 3.42. The molecule has 3 nitrogen and oxygen atoms in total. The minimum absolute atomic E-state index is 0.0590. The van der Waals surface area contributed by atoms with E-state index in [1.165, 1.54) is 11.1 Å². The van der Waals surface area contributed by atoms with Crippen LogP contribution in [0.1, 0.15) is 0 Å². The molecule has 2 aliphatic heterocycles. The van der Waals surface area contributed by atoms with Gasteiger partial charge in [0.05, 0.1) is 0 Å². The van der Waals surface area contributed by atoms with Gasteiger partial charge in [-0.25, -0.2) is 0 Å². The summed E-state index contributed by atoms with van der Waals surface area (Å²) in [7, 11) is 0. The molecule has 0 aliphatic carbocycles. The maximum absolute atomic E-state index is 6.88. The number of ether oxygens (including phenoxy) is 2. The quantitative estimate of drug-likeness (QED) is 0.197. The van der Waals surface area contributed by atoms with Gasteiger partial charge in [0.2, 0.25) is 0 Å². The van der Waals surface area contributed by atoms with Crippen molar-refractivity contribution >= 4 is 23.1 Å². The van der Waals surface area contributed by atoms with Crippen molar-refractivity contribution < 1.29 is 9.47 Å². The van der Waals surface area contributed by atoms with E-state index in [1.807, 2.05) is 12.3 Å². The minimum atomic E-state index is -0.0590. The summed E-state index contributed by atoms with van der Waals surface area (Å²) in [6, 6.07) is 51.1. The Labute approximate surface area is 262 Å².